The van der Waals surface area contributed by atoms with Crippen molar-refractivity contribution in [2.75, 3.05) is 14.2 Å². The molecule has 2 nitrogen and oxygen atoms in total. The van der Waals surface area contributed by atoms with Gasteiger partial charge in [-0.3, -0.25) is 0 Å². The zero-order valence-corrected chi connectivity index (χ0v) is 14.5. The minimum atomic E-state index is -0.418. The lowest BCUT2D eigenvalue weighted by Gasteiger charge is -2.20. The summed E-state index contributed by atoms with van der Waals surface area (Å²) >= 11 is 15.6. The topological polar surface area (TPSA) is 21.3 Å². The van der Waals surface area contributed by atoms with Gasteiger partial charge in [-0.05, 0) is 40.7 Å². The maximum Gasteiger partial charge on any atom is 0.142 e. The molecule has 1 N–H and O–H groups in total. The average molecular weight is 393 g/mol. The molecule has 0 bridgehead atoms. The molecule has 0 saturated carbocycles. The summed E-state index contributed by atoms with van der Waals surface area (Å²) in [5.74, 6) is 0.148. The van der Waals surface area contributed by atoms with Gasteiger partial charge in [-0.1, -0.05) is 35.3 Å². The number of halogens is 4. The van der Waals surface area contributed by atoms with Crippen LogP contribution < -0.4 is 10.1 Å². The predicted molar refractivity (Wildman–Crippen MR) is 88.0 cm³/mol. The van der Waals surface area contributed by atoms with Gasteiger partial charge in [-0.25, -0.2) is 4.39 Å². The first-order valence-electron chi connectivity index (χ1n) is 6.13. The molecule has 2 aromatic carbocycles. The van der Waals surface area contributed by atoms with Crippen molar-refractivity contribution in [2.24, 2.45) is 0 Å². The van der Waals surface area contributed by atoms with E-state index in [9.17, 15) is 4.39 Å². The molecule has 1 unspecified atom stereocenters. The molecule has 0 aliphatic heterocycles. The highest BCUT2D eigenvalue weighted by Gasteiger charge is 2.21. The standard InChI is InChI=1S/C15H13BrCl2FNO/c1-20-15(8-4-3-5-10(16)14(8)19)9-6-12(18)13(21-2)7-11(9)17/h3-7,15,20H,1-2H3. The van der Waals surface area contributed by atoms with Crippen LogP contribution in [0.25, 0.3) is 0 Å². The largest absolute Gasteiger partial charge is 0.495 e. The third-order valence-corrected chi connectivity index (χ3v) is 4.40. The van der Waals surface area contributed by atoms with Crippen LogP contribution in [0.1, 0.15) is 17.2 Å². The smallest absolute Gasteiger partial charge is 0.142 e. The molecule has 21 heavy (non-hydrogen) atoms. The Morgan fingerprint density at radius 2 is 1.90 bits per heavy atom. The fourth-order valence-electron chi connectivity index (χ4n) is 2.14. The van der Waals surface area contributed by atoms with Gasteiger partial charge in [0.15, 0.2) is 0 Å². The average Bonchev–Trinajstić information content (AvgIpc) is 2.47. The van der Waals surface area contributed by atoms with E-state index in [0.29, 0.717) is 31.4 Å². The number of benzene rings is 2. The van der Waals surface area contributed by atoms with Gasteiger partial charge in [0.1, 0.15) is 11.6 Å². The van der Waals surface area contributed by atoms with Gasteiger partial charge in [0.2, 0.25) is 0 Å². The Bertz CT molecular complexity index is 666. The molecule has 112 valence electrons. The number of hydrogen-bond donors (Lipinski definition) is 1. The van der Waals surface area contributed by atoms with Gasteiger partial charge in [0.25, 0.3) is 0 Å². The van der Waals surface area contributed by atoms with Gasteiger partial charge in [0.05, 0.1) is 22.6 Å². The van der Waals surface area contributed by atoms with E-state index in [2.05, 4.69) is 21.2 Å². The normalized spacial score (nSPS) is 12.3. The number of rotatable bonds is 4. The molecule has 0 amide bonds. The Morgan fingerprint density at radius 1 is 1.19 bits per heavy atom. The molecular formula is C15H13BrCl2FNO. The summed E-state index contributed by atoms with van der Waals surface area (Å²) in [7, 11) is 3.25. The molecule has 2 aromatic rings. The molecule has 6 heteroatoms. The fourth-order valence-corrected chi connectivity index (χ4v) is 3.04. The first kappa shape index (κ1) is 16.6. The van der Waals surface area contributed by atoms with E-state index in [4.69, 9.17) is 27.9 Å². The van der Waals surface area contributed by atoms with Crippen LogP contribution in [0.3, 0.4) is 0 Å². The minimum Gasteiger partial charge on any atom is -0.495 e. The third kappa shape index (κ3) is 3.34. The van der Waals surface area contributed by atoms with Crippen LogP contribution in [0.5, 0.6) is 5.75 Å². The Labute approximate surface area is 141 Å². The van der Waals surface area contributed by atoms with E-state index in [1.54, 1.807) is 37.4 Å². The van der Waals surface area contributed by atoms with Crippen LogP contribution in [-0.4, -0.2) is 14.2 Å². The third-order valence-electron chi connectivity index (χ3n) is 3.16. The van der Waals surface area contributed by atoms with Crippen LogP contribution in [-0.2, 0) is 0 Å². The Balaban J connectivity index is 2.57. The second-order valence-corrected chi connectivity index (χ2v) is 6.04. The summed E-state index contributed by atoms with van der Waals surface area (Å²) in [4.78, 5) is 0. The highest BCUT2D eigenvalue weighted by molar-refractivity contribution is 9.10. The Morgan fingerprint density at radius 3 is 2.52 bits per heavy atom. The summed E-state index contributed by atoms with van der Waals surface area (Å²) in [6, 6.07) is 8.01. The maximum atomic E-state index is 14.3. The van der Waals surface area contributed by atoms with Gasteiger partial charge in [-0.2, -0.15) is 0 Å². The second kappa shape index (κ2) is 6.97. The molecule has 0 radical (unpaired) electrons. The lowest BCUT2D eigenvalue weighted by Crippen LogP contribution is -2.19. The van der Waals surface area contributed by atoms with Crippen LogP contribution in [0.15, 0.2) is 34.8 Å². The number of nitrogens with one attached hydrogen (secondary N) is 1. The van der Waals surface area contributed by atoms with Crippen molar-refractivity contribution in [3.63, 3.8) is 0 Å². The molecule has 0 aliphatic rings. The van der Waals surface area contributed by atoms with Crippen molar-refractivity contribution in [2.45, 2.75) is 6.04 Å². The molecule has 0 aromatic heterocycles. The SMILES string of the molecule is CNC(c1cc(Cl)c(OC)cc1Cl)c1cccc(Br)c1F. The van der Waals surface area contributed by atoms with E-state index in [1.807, 2.05) is 0 Å². The highest BCUT2D eigenvalue weighted by atomic mass is 79.9. The molecule has 0 saturated heterocycles. The quantitative estimate of drug-likeness (QED) is 0.770. The van der Waals surface area contributed by atoms with Crippen molar-refractivity contribution in [3.8, 4) is 5.75 Å². The van der Waals surface area contributed by atoms with Crippen molar-refractivity contribution < 1.29 is 9.13 Å². The Hall–Kier alpha value is -0.810. The summed E-state index contributed by atoms with van der Waals surface area (Å²) in [5, 5.41) is 3.94. The summed E-state index contributed by atoms with van der Waals surface area (Å²) < 4.78 is 19.8. The molecule has 0 aliphatic carbocycles. The second-order valence-electron chi connectivity index (χ2n) is 4.37. The van der Waals surface area contributed by atoms with Crippen molar-refractivity contribution in [1.29, 1.82) is 0 Å². The van der Waals surface area contributed by atoms with E-state index in [1.165, 1.54) is 7.11 Å². The van der Waals surface area contributed by atoms with Gasteiger partial charge in [-0.15, -0.1) is 0 Å². The van der Waals surface area contributed by atoms with Crippen molar-refractivity contribution in [3.05, 3.63) is 61.8 Å². The zero-order chi connectivity index (χ0) is 15.6. The summed E-state index contributed by atoms with van der Waals surface area (Å²) in [6.45, 7) is 0. The maximum absolute atomic E-state index is 14.3. The summed E-state index contributed by atoms with van der Waals surface area (Å²) in [5.41, 5.74) is 1.16. The Kier molecular flexibility index (Phi) is 5.49. The van der Waals surface area contributed by atoms with Crippen molar-refractivity contribution >= 4 is 39.1 Å². The number of hydrogen-bond acceptors (Lipinski definition) is 2. The first-order chi connectivity index (χ1) is 9.99. The van der Waals surface area contributed by atoms with Gasteiger partial charge < -0.3 is 10.1 Å². The molecule has 0 spiro atoms. The zero-order valence-electron chi connectivity index (χ0n) is 11.4. The molecular weight excluding hydrogens is 380 g/mol. The van der Waals surface area contributed by atoms with E-state index in [-0.39, 0.29) is 5.82 Å². The molecule has 0 fully saturated rings. The van der Waals surface area contributed by atoms with Gasteiger partial charge >= 0.3 is 0 Å². The molecule has 1 atom stereocenters. The lowest BCUT2D eigenvalue weighted by atomic mass is 9.98. The lowest BCUT2D eigenvalue weighted by molar-refractivity contribution is 0.414. The predicted octanol–water partition coefficient (Wildman–Crippen LogP) is 5.21. The van der Waals surface area contributed by atoms with Gasteiger partial charge in [0, 0.05) is 16.7 Å². The van der Waals surface area contributed by atoms with Crippen LogP contribution >= 0.6 is 39.1 Å². The first-order valence-corrected chi connectivity index (χ1v) is 7.68. The van der Waals surface area contributed by atoms with Crippen LogP contribution in [0.4, 0.5) is 4.39 Å². The van der Waals surface area contributed by atoms with Crippen molar-refractivity contribution in [1.82, 2.24) is 5.32 Å². The number of ether oxygens (including phenoxy) is 1. The molecule has 2 rings (SSSR count). The molecule has 0 heterocycles. The van der Waals surface area contributed by atoms with Crippen LogP contribution in [0, 0.1) is 5.82 Å². The highest BCUT2D eigenvalue weighted by Crippen LogP contribution is 2.37. The van der Waals surface area contributed by atoms with E-state index in [0.717, 1.165) is 0 Å². The monoisotopic (exact) mass is 391 g/mol. The minimum absolute atomic E-state index is 0.333. The fraction of sp³-hybridized carbons (Fsp3) is 0.200. The summed E-state index contributed by atoms with van der Waals surface area (Å²) in [6.07, 6.45) is 0. The van der Waals surface area contributed by atoms with E-state index < -0.39 is 6.04 Å². The number of methoxy groups -OCH3 is 1. The van der Waals surface area contributed by atoms with Crippen LogP contribution in [0.2, 0.25) is 10.0 Å². The van der Waals surface area contributed by atoms with E-state index >= 15 is 0 Å².